The minimum absolute atomic E-state index is 0.165. The van der Waals surface area contributed by atoms with Crippen molar-refractivity contribution >= 4 is 34.1 Å². The second-order valence-corrected chi connectivity index (χ2v) is 7.09. The highest BCUT2D eigenvalue weighted by atomic mass is 35.5. The number of ether oxygens (including phenoxy) is 2. The van der Waals surface area contributed by atoms with Gasteiger partial charge in [-0.25, -0.2) is 9.99 Å². The van der Waals surface area contributed by atoms with E-state index in [0.717, 1.165) is 22.2 Å². The fourth-order valence-corrected chi connectivity index (χ4v) is 3.92. The average molecular weight is 410 g/mol. The van der Waals surface area contributed by atoms with Crippen molar-refractivity contribution in [3.05, 3.63) is 64.8 Å². The van der Waals surface area contributed by atoms with E-state index in [1.54, 1.807) is 14.2 Å². The number of aromatic nitrogens is 1. The van der Waals surface area contributed by atoms with E-state index in [-0.39, 0.29) is 11.9 Å². The summed E-state index contributed by atoms with van der Waals surface area (Å²) in [6.45, 7) is 1.49. The Labute approximate surface area is 173 Å². The summed E-state index contributed by atoms with van der Waals surface area (Å²) < 4.78 is 10.9. The number of carbonyl (C=O) groups is 1. The maximum Gasteiger partial charge on any atom is 0.240 e. The van der Waals surface area contributed by atoms with E-state index in [0.29, 0.717) is 28.6 Å². The predicted octanol–water partition coefficient (Wildman–Crippen LogP) is 4.60. The molecule has 2 heterocycles. The lowest BCUT2D eigenvalue weighted by atomic mass is 9.98. The fourth-order valence-electron chi connectivity index (χ4n) is 3.65. The molecule has 0 saturated heterocycles. The summed E-state index contributed by atoms with van der Waals surface area (Å²) in [5, 5.41) is 7.27. The summed E-state index contributed by atoms with van der Waals surface area (Å²) in [4.78, 5) is 16.9. The number of para-hydroxylation sites is 2. The highest BCUT2D eigenvalue weighted by molar-refractivity contribution is 6.30. The van der Waals surface area contributed by atoms with Gasteiger partial charge in [-0.05, 0) is 24.3 Å². The summed E-state index contributed by atoms with van der Waals surface area (Å²) >= 11 is 6.55. The van der Waals surface area contributed by atoms with Crippen LogP contribution in [-0.4, -0.2) is 35.8 Å². The van der Waals surface area contributed by atoms with E-state index < -0.39 is 0 Å². The van der Waals surface area contributed by atoms with Crippen LogP contribution in [0.2, 0.25) is 5.15 Å². The average Bonchev–Trinajstić information content (AvgIpc) is 3.18. The van der Waals surface area contributed by atoms with Crippen molar-refractivity contribution in [2.75, 3.05) is 14.2 Å². The van der Waals surface area contributed by atoms with Crippen molar-refractivity contribution in [3.63, 3.8) is 0 Å². The number of benzene rings is 2. The van der Waals surface area contributed by atoms with Gasteiger partial charge in [0.15, 0.2) is 0 Å². The van der Waals surface area contributed by atoms with Crippen LogP contribution in [0.4, 0.5) is 0 Å². The Morgan fingerprint density at radius 3 is 2.55 bits per heavy atom. The van der Waals surface area contributed by atoms with Crippen molar-refractivity contribution in [2.45, 2.75) is 19.4 Å². The molecular formula is C22H20ClN3O3. The Morgan fingerprint density at radius 1 is 1.10 bits per heavy atom. The van der Waals surface area contributed by atoms with Crippen molar-refractivity contribution in [3.8, 4) is 11.5 Å². The van der Waals surface area contributed by atoms with Crippen molar-refractivity contribution in [2.24, 2.45) is 5.10 Å². The molecule has 2 aromatic carbocycles. The number of amides is 1. The van der Waals surface area contributed by atoms with Gasteiger partial charge in [-0.1, -0.05) is 35.9 Å². The largest absolute Gasteiger partial charge is 0.496 e. The molecule has 0 aliphatic carbocycles. The van der Waals surface area contributed by atoms with Gasteiger partial charge in [-0.15, -0.1) is 0 Å². The van der Waals surface area contributed by atoms with E-state index in [4.69, 9.17) is 21.1 Å². The predicted molar refractivity (Wildman–Crippen MR) is 113 cm³/mol. The van der Waals surface area contributed by atoms with Gasteiger partial charge in [0, 0.05) is 29.9 Å². The molecule has 1 atom stereocenters. The molecule has 0 fully saturated rings. The number of hydrogen-bond donors (Lipinski definition) is 0. The van der Waals surface area contributed by atoms with Crippen LogP contribution in [0.3, 0.4) is 0 Å². The summed E-state index contributed by atoms with van der Waals surface area (Å²) in [6, 6.07) is 14.9. The molecule has 4 rings (SSSR count). The van der Waals surface area contributed by atoms with Crippen LogP contribution in [-0.2, 0) is 4.79 Å². The number of hydrazone groups is 1. The lowest BCUT2D eigenvalue weighted by Gasteiger charge is -2.21. The van der Waals surface area contributed by atoms with E-state index in [2.05, 4.69) is 10.1 Å². The lowest BCUT2D eigenvalue weighted by molar-refractivity contribution is -0.130. The summed E-state index contributed by atoms with van der Waals surface area (Å²) in [6.07, 6.45) is 0.511. The third-order valence-corrected chi connectivity index (χ3v) is 5.32. The highest BCUT2D eigenvalue weighted by Gasteiger charge is 2.34. The minimum atomic E-state index is -0.344. The second kappa shape index (κ2) is 7.72. The number of hydrogen-bond acceptors (Lipinski definition) is 5. The van der Waals surface area contributed by atoms with Gasteiger partial charge in [-0.3, -0.25) is 4.79 Å². The van der Waals surface area contributed by atoms with Crippen LogP contribution < -0.4 is 9.47 Å². The Bertz CT molecular complexity index is 1130. The first-order valence-electron chi connectivity index (χ1n) is 9.17. The van der Waals surface area contributed by atoms with Gasteiger partial charge in [0.05, 0.1) is 26.0 Å². The maximum atomic E-state index is 12.3. The first-order chi connectivity index (χ1) is 14.0. The van der Waals surface area contributed by atoms with Crippen LogP contribution in [0.25, 0.3) is 10.9 Å². The normalized spacial score (nSPS) is 16.1. The second-order valence-electron chi connectivity index (χ2n) is 6.73. The van der Waals surface area contributed by atoms with Crippen LogP contribution in [0, 0.1) is 0 Å². The number of nitrogens with zero attached hydrogens (tertiary/aromatic N) is 3. The molecule has 0 spiro atoms. The number of methoxy groups -OCH3 is 2. The first-order valence-corrected chi connectivity index (χ1v) is 9.55. The SMILES string of the molecule is COc1ccccc1C1=NN(C(C)=O)[C@H](c2cc3cccc(OC)c3nc2Cl)C1. The van der Waals surface area contributed by atoms with Gasteiger partial charge < -0.3 is 9.47 Å². The Hall–Kier alpha value is -3.12. The molecule has 3 aromatic rings. The van der Waals surface area contributed by atoms with E-state index >= 15 is 0 Å². The number of rotatable bonds is 4. The molecule has 1 aliphatic rings. The number of halogens is 1. The third kappa shape index (κ3) is 3.40. The van der Waals surface area contributed by atoms with Crippen molar-refractivity contribution < 1.29 is 14.3 Å². The number of fused-ring (bicyclic) bond motifs is 1. The number of carbonyl (C=O) groups excluding carboxylic acids is 1. The Balaban J connectivity index is 1.79. The van der Waals surface area contributed by atoms with Gasteiger partial charge in [0.25, 0.3) is 0 Å². The summed E-state index contributed by atoms with van der Waals surface area (Å²) in [5.41, 5.74) is 3.05. The molecule has 29 heavy (non-hydrogen) atoms. The van der Waals surface area contributed by atoms with Gasteiger partial charge in [0.2, 0.25) is 5.91 Å². The number of pyridine rings is 1. The molecule has 148 valence electrons. The van der Waals surface area contributed by atoms with E-state index in [1.807, 2.05) is 48.5 Å². The summed E-state index contributed by atoms with van der Waals surface area (Å²) in [7, 11) is 3.21. The maximum absolute atomic E-state index is 12.3. The van der Waals surface area contributed by atoms with Crippen LogP contribution in [0.5, 0.6) is 11.5 Å². The minimum Gasteiger partial charge on any atom is -0.496 e. The van der Waals surface area contributed by atoms with Crippen LogP contribution in [0.1, 0.15) is 30.5 Å². The van der Waals surface area contributed by atoms with Crippen molar-refractivity contribution in [1.82, 2.24) is 9.99 Å². The molecule has 0 saturated carbocycles. The molecule has 0 radical (unpaired) electrons. The zero-order valence-electron chi connectivity index (χ0n) is 16.3. The molecule has 6 nitrogen and oxygen atoms in total. The van der Waals surface area contributed by atoms with Gasteiger partial charge in [0.1, 0.15) is 22.2 Å². The van der Waals surface area contributed by atoms with E-state index in [1.165, 1.54) is 11.9 Å². The highest BCUT2D eigenvalue weighted by Crippen LogP contribution is 2.39. The monoisotopic (exact) mass is 409 g/mol. The fraction of sp³-hybridized carbons (Fsp3) is 0.227. The zero-order valence-corrected chi connectivity index (χ0v) is 17.1. The molecular weight excluding hydrogens is 390 g/mol. The van der Waals surface area contributed by atoms with Gasteiger partial charge in [-0.2, -0.15) is 5.10 Å². The van der Waals surface area contributed by atoms with Gasteiger partial charge >= 0.3 is 0 Å². The molecule has 0 bridgehead atoms. The van der Waals surface area contributed by atoms with Crippen LogP contribution in [0.15, 0.2) is 53.6 Å². The first kappa shape index (κ1) is 19.2. The molecule has 1 amide bonds. The lowest BCUT2D eigenvalue weighted by Crippen LogP contribution is -2.24. The quantitative estimate of drug-likeness (QED) is 0.590. The third-order valence-electron chi connectivity index (χ3n) is 5.02. The molecule has 0 N–H and O–H groups in total. The standard InChI is InChI=1S/C22H20ClN3O3/c1-13(27)26-18(12-17(25-26)15-8-4-5-9-19(15)28-2)16-11-14-7-6-10-20(29-3)21(14)24-22(16)23/h4-11,18H,12H2,1-3H3/t18-/m0/s1. The smallest absolute Gasteiger partial charge is 0.240 e. The van der Waals surface area contributed by atoms with E-state index in [9.17, 15) is 4.79 Å². The molecule has 1 aliphatic heterocycles. The topological polar surface area (TPSA) is 64.0 Å². The zero-order chi connectivity index (χ0) is 20.5. The van der Waals surface area contributed by atoms with Crippen molar-refractivity contribution in [1.29, 1.82) is 0 Å². The van der Waals surface area contributed by atoms with Crippen LogP contribution >= 0.6 is 11.6 Å². The Morgan fingerprint density at radius 2 is 1.83 bits per heavy atom. The summed E-state index contributed by atoms with van der Waals surface area (Å²) in [5.74, 6) is 1.20. The molecule has 1 aromatic heterocycles. The molecule has 7 heteroatoms. The Kier molecular flexibility index (Phi) is 5.11. The molecule has 0 unspecified atom stereocenters.